The average Bonchev–Trinajstić information content (AvgIpc) is 3.45. The summed E-state index contributed by atoms with van der Waals surface area (Å²) in [7, 11) is 0. The molecule has 2 saturated heterocycles. The van der Waals surface area contributed by atoms with Crippen LogP contribution in [0.25, 0.3) is 0 Å². The van der Waals surface area contributed by atoms with Crippen LogP contribution in [-0.2, 0) is 16.1 Å². The number of rotatable bonds is 8. The minimum absolute atomic E-state index is 0. The van der Waals surface area contributed by atoms with Gasteiger partial charge in [0.25, 0.3) is 0 Å². The van der Waals surface area contributed by atoms with E-state index >= 15 is 0 Å². The second-order valence-electron chi connectivity index (χ2n) is 8.95. The molecule has 1 aromatic carbocycles. The number of hydrogen-bond donors (Lipinski definition) is 1. The van der Waals surface area contributed by atoms with Crippen molar-refractivity contribution in [3.05, 3.63) is 56.7 Å². The molecule has 0 bridgehead atoms. The highest BCUT2D eigenvalue weighted by Crippen LogP contribution is 2.42. The van der Waals surface area contributed by atoms with Gasteiger partial charge in [-0.2, -0.15) is 0 Å². The summed E-state index contributed by atoms with van der Waals surface area (Å²) in [6, 6.07) is 12.3. The van der Waals surface area contributed by atoms with Crippen molar-refractivity contribution in [3.63, 3.8) is 0 Å². The lowest BCUT2D eigenvalue weighted by molar-refractivity contribution is -0.138. The van der Waals surface area contributed by atoms with Crippen LogP contribution >= 0.6 is 39.7 Å². The van der Waals surface area contributed by atoms with Crippen molar-refractivity contribution in [2.75, 3.05) is 32.8 Å². The van der Waals surface area contributed by atoms with Crippen LogP contribution in [0, 0.1) is 5.41 Å². The van der Waals surface area contributed by atoms with Crippen molar-refractivity contribution in [2.45, 2.75) is 45.2 Å². The van der Waals surface area contributed by atoms with Crippen LogP contribution in [0.1, 0.15) is 49.1 Å². The number of ether oxygens (including phenoxy) is 1. The fourth-order valence-corrected chi connectivity index (χ4v) is 6.00. The third-order valence-corrected chi connectivity index (χ3v) is 8.40. The summed E-state index contributed by atoms with van der Waals surface area (Å²) in [4.78, 5) is 30.9. The zero-order chi connectivity index (χ0) is 23.3. The van der Waals surface area contributed by atoms with E-state index in [1.807, 2.05) is 35.4 Å². The van der Waals surface area contributed by atoms with Gasteiger partial charge in [-0.15, -0.1) is 23.7 Å². The number of alkyl carbamates (subject to hydrolysis) is 1. The van der Waals surface area contributed by atoms with Gasteiger partial charge < -0.3 is 19.9 Å². The highest BCUT2D eigenvalue weighted by Gasteiger charge is 2.47. The van der Waals surface area contributed by atoms with Crippen molar-refractivity contribution in [2.24, 2.45) is 5.41 Å². The molecule has 2 fully saturated rings. The summed E-state index contributed by atoms with van der Waals surface area (Å²) in [5.41, 5.74) is 0.983. The van der Waals surface area contributed by atoms with E-state index in [1.54, 1.807) is 11.3 Å². The first-order chi connectivity index (χ1) is 16.0. The molecule has 0 radical (unpaired) electrons. The molecule has 1 unspecified atom stereocenters. The Hall–Kier alpha value is -1.61. The van der Waals surface area contributed by atoms with Crippen molar-refractivity contribution >= 4 is 51.7 Å². The number of carbonyl (C=O) groups is 2. The number of nitrogens with zero attached hydrogens (tertiary/aromatic N) is 2. The molecule has 2 aliphatic heterocycles. The molecule has 0 aliphatic carbocycles. The zero-order valence-electron chi connectivity index (χ0n) is 19.5. The number of carbonyl (C=O) groups excluding carboxylic acids is 2. The quantitative estimate of drug-likeness (QED) is 0.447. The molecule has 1 aromatic heterocycles. The molecule has 6 nitrogen and oxygen atoms in total. The molecule has 2 amide bonds. The van der Waals surface area contributed by atoms with Gasteiger partial charge in [0, 0.05) is 29.0 Å². The van der Waals surface area contributed by atoms with Crippen LogP contribution < -0.4 is 5.32 Å². The van der Waals surface area contributed by atoms with Gasteiger partial charge >= 0.3 is 6.09 Å². The highest BCUT2D eigenvalue weighted by atomic mass is 79.9. The summed E-state index contributed by atoms with van der Waals surface area (Å²) in [5, 5.41) is 5.04. The summed E-state index contributed by atoms with van der Waals surface area (Å²) in [5.74, 6) is 0.325. The molecule has 186 valence electrons. The molecule has 0 saturated carbocycles. The van der Waals surface area contributed by atoms with Crippen LogP contribution in [0.15, 0.2) is 46.3 Å². The second-order valence-corrected chi connectivity index (χ2v) is 10.8. The Morgan fingerprint density at radius 3 is 2.53 bits per heavy atom. The lowest BCUT2D eigenvalue weighted by atomic mass is 9.77. The number of likely N-dealkylation sites (tertiary alicyclic amines) is 2. The summed E-state index contributed by atoms with van der Waals surface area (Å²) in [6.07, 6.45) is 3.25. The van der Waals surface area contributed by atoms with Gasteiger partial charge in [-0.05, 0) is 74.8 Å². The van der Waals surface area contributed by atoms with E-state index in [-0.39, 0.29) is 30.0 Å². The smallest absolute Gasteiger partial charge is 0.407 e. The standard InChI is InChI=1S/C25H32BrN3O3S.ClH/c1-2-32-24(31)27-21(22-4-3-17-33-22)9-13-28-14-10-25(11-15-28)12-16-29(23(25)30)18-19-5-7-20(26)8-6-19;/h3-8,17,21H,2,9-16,18H2,1H3,(H,27,31);1H. The fraction of sp³-hybridized carbons (Fsp3) is 0.520. The van der Waals surface area contributed by atoms with E-state index in [9.17, 15) is 9.59 Å². The largest absolute Gasteiger partial charge is 0.450 e. The summed E-state index contributed by atoms with van der Waals surface area (Å²) < 4.78 is 6.15. The minimum Gasteiger partial charge on any atom is -0.450 e. The SMILES string of the molecule is CCOC(=O)NC(CCN1CCC2(CC1)CCN(Cc1ccc(Br)cc1)C2=O)c1cccs1.Cl. The number of thiophene rings is 1. The number of amides is 2. The molecule has 4 rings (SSSR count). The monoisotopic (exact) mass is 569 g/mol. The van der Waals surface area contributed by atoms with E-state index in [0.29, 0.717) is 19.1 Å². The van der Waals surface area contributed by atoms with Crippen LogP contribution in [0.3, 0.4) is 0 Å². The van der Waals surface area contributed by atoms with Crippen molar-refractivity contribution < 1.29 is 14.3 Å². The molecule has 1 spiro atoms. The van der Waals surface area contributed by atoms with E-state index < -0.39 is 0 Å². The molecular formula is C25H33BrClN3O3S. The molecule has 9 heteroatoms. The van der Waals surface area contributed by atoms with Crippen molar-refractivity contribution in [1.29, 1.82) is 0 Å². The lowest BCUT2D eigenvalue weighted by Crippen LogP contribution is -2.45. The first-order valence-corrected chi connectivity index (χ1v) is 13.4. The highest BCUT2D eigenvalue weighted by molar-refractivity contribution is 9.10. The summed E-state index contributed by atoms with van der Waals surface area (Å²) in [6.45, 7) is 6.46. The van der Waals surface area contributed by atoms with Crippen LogP contribution in [0.2, 0.25) is 0 Å². The van der Waals surface area contributed by atoms with Crippen molar-refractivity contribution in [1.82, 2.24) is 15.1 Å². The topological polar surface area (TPSA) is 61.9 Å². The zero-order valence-corrected chi connectivity index (χ0v) is 22.7. The van der Waals surface area contributed by atoms with E-state index in [2.05, 4.69) is 44.3 Å². The summed E-state index contributed by atoms with van der Waals surface area (Å²) >= 11 is 5.13. The number of nitrogens with one attached hydrogen (secondary N) is 1. The van der Waals surface area contributed by atoms with Gasteiger partial charge in [0.1, 0.15) is 0 Å². The van der Waals surface area contributed by atoms with E-state index in [4.69, 9.17) is 4.74 Å². The van der Waals surface area contributed by atoms with Gasteiger partial charge in [-0.1, -0.05) is 34.1 Å². The lowest BCUT2D eigenvalue weighted by Gasteiger charge is -2.38. The van der Waals surface area contributed by atoms with Gasteiger partial charge in [-0.3, -0.25) is 4.79 Å². The van der Waals surface area contributed by atoms with Gasteiger partial charge in [0.05, 0.1) is 18.1 Å². The normalized spacial score (nSPS) is 18.5. The van der Waals surface area contributed by atoms with Crippen LogP contribution in [0.4, 0.5) is 4.79 Å². The van der Waals surface area contributed by atoms with E-state index in [0.717, 1.165) is 61.2 Å². The van der Waals surface area contributed by atoms with E-state index in [1.165, 1.54) is 5.56 Å². The maximum Gasteiger partial charge on any atom is 0.407 e. The first-order valence-electron chi connectivity index (χ1n) is 11.7. The molecule has 3 heterocycles. The Bertz CT molecular complexity index is 933. The average molecular weight is 571 g/mol. The number of benzene rings is 1. The predicted molar refractivity (Wildman–Crippen MR) is 141 cm³/mol. The second kappa shape index (κ2) is 12.4. The number of piperidine rings is 1. The van der Waals surface area contributed by atoms with Gasteiger partial charge in [-0.25, -0.2) is 4.79 Å². The minimum atomic E-state index is -0.365. The maximum atomic E-state index is 13.3. The Labute approximate surface area is 220 Å². The Morgan fingerprint density at radius 1 is 1.18 bits per heavy atom. The van der Waals surface area contributed by atoms with Gasteiger partial charge in [0.2, 0.25) is 5.91 Å². The number of hydrogen-bond acceptors (Lipinski definition) is 5. The Kier molecular flexibility index (Phi) is 9.83. The third kappa shape index (κ3) is 6.53. The maximum absolute atomic E-state index is 13.3. The van der Waals surface area contributed by atoms with Crippen LogP contribution in [-0.4, -0.2) is 54.6 Å². The Morgan fingerprint density at radius 2 is 1.88 bits per heavy atom. The fourth-order valence-electron chi connectivity index (χ4n) is 4.92. The molecule has 2 aliphatic rings. The third-order valence-electron chi connectivity index (χ3n) is 6.89. The number of halogens is 2. The van der Waals surface area contributed by atoms with Crippen molar-refractivity contribution in [3.8, 4) is 0 Å². The Balaban J connectivity index is 0.00000324. The predicted octanol–water partition coefficient (Wildman–Crippen LogP) is 5.62. The molecule has 1 N–H and O–H groups in total. The molecule has 2 aromatic rings. The van der Waals surface area contributed by atoms with Crippen LogP contribution in [0.5, 0.6) is 0 Å². The molecule has 34 heavy (non-hydrogen) atoms. The first kappa shape index (κ1) is 27.0. The molecular weight excluding hydrogens is 538 g/mol. The van der Waals surface area contributed by atoms with Gasteiger partial charge in [0.15, 0.2) is 0 Å². The molecule has 1 atom stereocenters.